The molecule has 0 bridgehead atoms. The number of piperazine rings is 1. The molecule has 2 N–H and O–H groups in total. The summed E-state index contributed by atoms with van der Waals surface area (Å²) in [6, 6.07) is 16.7. The lowest BCUT2D eigenvalue weighted by Gasteiger charge is -2.35. The van der Waals surface area contributed by atoms with Crippen LogP contribution in [0.25, 0.3) is 0 Å². The number of anilines is 1. The molecule has 45 heavy (non-hydrogen) atoms. The fourth-order valence-corrected chi connectivity index (χ4v) is 6.94. The van der Waals surface area contributed by atoms with Gasteiger partial charge >= 0.3 is 0 Å². The number of ether oxygens (including phenoxy) is 1. The van der Waals surface area contributed by atoms with Crippen molar-refractivity contribution in [2.45, 2.75) is 24.2 Å². The van der Waals surface area contributed by atoms with Crippen LogP contribution in [0.15, 0.2) is 71.6 Å². The van der Waals surface area contributed by atoms with Gasteiger partial charge in [-0.15, -0.1) is 0 Å². The topological polar surface area (TPSA) is 111 Å². The second-order valence-electron chi connectivity index (χ2n) is 11.1. The van der Waals surface area contributed by atoms with E-state index in [4.69, 9.17) is 27.9 Å². The van der Waals surface area contributed by atoms with Crippen LogP contribution in [-0.2, 0) is 14.8 Å². The minimum absolute atomic E-state index is 0.0484. The first kappa shape index (κ1) is 33.0. The Morgan fingerprint density at radius 3 is 2.16 bits per heavy atom. The van der Waals surface area contributed by atoms with Crippen molar-refractivity contribution in [3.05, 3.63) is 82.3 Å². The van der Waals surface area contributed by atoms with E-state index in [-0.39, 0.29) is 39.4 Å². The fraction of sp³-hybridized carbons (Fsp3) is 0.375. The number of amides is 2. The Hall–Kier alpha value is -3.35. The summed E-state index contributed by atoms with van der Waals surface area (Å²) in [6.07, 6.45) is 3.75. The number of carbonyl (C=O) groups excluding carboxylic acids is 2. The molecule has 0 unspecified atom stereocenters. The van der Waals surface area contributed by atoms with E-state index in [9.17, 15) is 18.0 Å². The van der Waals surface area contributed by atoms with Gasteiger partial charge in [0.25, 0.3) is 15.9 Å². The van der Waals surface area contributed by atoms with Crippen LogP contribution in [0.1, 0.15) is 29.6 Å². The predicted molar refractivity (Wildman–Crippen MR) is 176 cm³/mol. The highest BCUT2D eigenvalue weighted by molar-refractivity contribution is 7.92. The van der Waals surface area contributed by atoms with Crippen molar-refractivity contribution in [3.8, 4) is 11.5 Å². The van der Waals surface area contributed by atoms with Gasteiger partial charge in [0.15, 0.2) is 5.75 Å². The van der Waals surface area contributed by atoms with Crippen molar-refractivity contribution < 1.29 is 22.7 Å². The zero-order valence-electron chi connectivity index (χ0n) is 24.9. The van der Waals surface area contributed by atoms with Crippen LogP contribution >= 0.6 is 23.2 Å². The molecule has 0 saturated carbocycles. The third kappa shape index (κ3) is 9.11. The summed E-state index contributed by atoms with van der Waals surface area (Å²) in [7, 11) is -4.03. The van der Waals surface area contributed by atoms with Gasteiger partial charge in [0.05, 0.1) is 22.2 Å². The molecule has 0 spiro atoms. The molecule has 2 saturated heterocycles. The van der Waals surface area contributed by atoms with Gasteiger partial charge in [-0.2, -0.15) is 0 Å². The molecular weight excluding hydrogens is 637 g/mol. The van der Waals surface area contributed by atoms with Crippen LogP contribution < -0.4 is 14.8 Å². The van der Waals surface area contributed by atoms with Gasteiger partial charge in [0.1, 0.15) is 5.75 Å². The third-order valence-corrected chi connectivity index (χ3v) is 9.86. The van der Waals surface area contributed by atoms with Crippen molar-refractivity contribution in [1.29, 1.82) is 0 Å². The second-order valence-corrected chi connectivity index (χ2v) is 13.6. The Kier molecular flexibility index (Phi) is 11.2. The minimum Gasteiger partial charge on any atom is -0.454 e. The maximum absolute atomic E-state index is 13.2. The summed E-state index contributed by atoms with van der Waals surface area (Å²) in [5.41, 5.74) is 0.442. The molecule has 0 aliphatic carbocycles. The lowest BCUT2D eigenvalue weighted by molar-refractivity contribution is -0.131. The molecule has 2 aliphatic rings. The Balaban J connectivity index is 1.09. The van der Waals surface area contributed by atoms with Crippen LogP contribution in [0.4, 0.5) is 5.69 Å². The summed E-state index contributed by atoms with van der Waals surface area (Å²) in [6.45, 7) is 7.41. The number of hydrogen-bond donors (Lipinski definition) is 2. The number of halogens is 2. The summed E-state index contributed by atoms with van der Waals surface area (Å²) >= 11 is 12.2. The molecule has 13 heteroatoms. The highest BCUT2D eigenvalue weighted by Crippen LogP contribution is 2.35. The van der Waals surface area contributed by atoms with Crippen LogP contribution in [0.5, 0.6) is 11.5 Å². The summed E-state index contributed by atoms with van der Waals surface area (Å²) in [4.78, 5) is 32.1. The predicted octanol–water partition coefficient (Wildman–Crippen LogP) is 4.95. The van der Waals surface area contributed by atoms with Gasteiger partial charge in [0, 0.05) is 36.8 Å². The van der Waals surface area contributed by atoms with Crippen LogP contribution in [0.3, 0.4) is 0 Å². The molecule has 10 nitrogen and oxygen atoms in total. The van der Waals surface area contributed by atoms with E-state index in [2.05, 4.69) is 19.8 Å². The number of para-hydroxylation sites is 2. The van der Waals surface area contributed by atoms with E-state index < -0.39 is 15.9 Å². The van der Waals surface area contributed by atoms with Gasteiger partial charge in [0.2, 0.25) is 5.91 Å². The third-order valence-electron chi connectivity index (χ3n) is 7.94. The lowest BCUT2D eigenvalue weighted by atomic mass is 10.2. The minimum atomic E-state index is -4.03. The standard InChI is InChI=1S/C32H37Cl2N5O5S/c33-25-10-13-29(27(34)22-25)44-30-7-2-1-6-28(30)36-45(42,43)26-11-8-24(9-12-26)32(41)35-23-31(40)39-20-18-38(19-21-39)17-5-16-37-14-3-4-15-37/h1-2,6-13,22,36H,3-5,14-21,23H2,(H,35,41). The zero-order chi connectivity index (χ0) is 31.8. The Bertz CT molecular complexity index is 1590. The Morgan fingerprint density at radius 1 is 0.800 bits per heavy atom. The fourth-order valence-electron chi connectivity index (χ4n) is 5.42. The average molecular weight is 675 g/mol. The van der Waals surface area contributed by atoms with Crippen molar-refractivity contribution >= 4 is 50.7 Å². The smallest absolute Gasteiger partial charge is 0.262 e. The summed E-state index contributed by atoms with van der Waals surface area (Å²) in [5.74, 6) is -0.0411. The molecule has 2 fully saturated rings. The Morgan fingerprint density at radius 2 is 1.47 bits per heavy atom. The molecule has 2 heterocycles. The number of rotatable bonds is 12. The first-order chi connectivity index (χ1) is 21.7. The van der Waals surface area contributed by atoms with E-state index >= 15 is 0 Å². The SMILES string of the molecule is O=C(NCC(=O)N1CCN(CCCN2CCCC2)CC1)c1ccc(S(=O)(=O)Nc2ccccc2Oc2ccc(Cl)cc2Cl)cc1. The second kappa shape index (κ2) is 15.3. The van der Waals surface area contributed by atoms with Gasteiger partial charge in [-0.25, -0.2) is 8.42 Å². The van der Waals surface area contributed by atoms with Crippen LogP contribution in [-0.4, -0.2) is 93.8 Å². The number of benzene rings is 3. The molecule has 2 aliphatic heterocycles. The number of hydrogen-bond acceptors (Lipinski definition) is 7. The monoisotopic (exact) mass is 673 g/mol. The molecule has 240 valence electrons. The molecule has 0 radical (unpaired) electrons. The van der Waals surface area contributed by atoms with Crippen molar-refractivity contribution in [2.75, 3.05) is 63.6 Å². The molecule has 0 aromatic heterocycles. The zero-order valence-corrected chi connectivity index (χ0v) is 27.2. The highest BCUT2D eigenvalue weighted by Gasteiger charge is 2.22. The first-order valence-electron chi connectivity index (χ1n) is 15.0. The van der Waals surface area contributed by atoms with E-state index in [0.717, 1.165) is 32.6 Å². The van der Waals surface area contributed by atoms with Gasteiger partial charge in [-0.1, -0.05) is 35.3 Å². The normalized spacial score (nSPS) is 16.0. The van der Waals surface area contributed by atoms with Gasteiger partial charge < -0.3 is 19.9 Å². The number of sulfonamides is 1. The molecule has 3 aromatic carbocycles. The first-order valence-corrected chi connectivity index (χ1v) is 17.3. The van der Waals surface area contributed by atoms with Gasteiger partial charge in [-0.3, -0.25) is 19.2 Å². The van der Waals surface area contributed by atoms with Crippen LogP contribution in [0.2, 0.25) is 10.0 Å². The van der Waals surface area contributed by atoms with Gasteiger partial charge in [-0.05, 0) is 100 Å². The maximum Gasteiger partial charge on any atom is 0.262 e. The lowest BCUT2D eigenvalue weighted by Crippen LogP contribution is -2.51. The maximum atomic E-state index is 13.2. The molecule has 3 aromatic rings. The van der Waals surface area contributed by atoms with Crippen molar-refractivity contribution in [3.63, 3.8) is 0 Å². The highest BCUT2D eigenvalue weighted by atomic mass is 35.5. The van der Waals surface area contributed by atoms with E-state index in [1.807, 2.05) is 0 Å². The summed E-state index contributed by atoms with van der Waals surface area (Å²) in [5, 5.41) is 3.38. The number of carbonyl (C=O) groups is 2. The average Bonchev–Trinajstić information content (AvgIpc) is 3.56. The summed E-state index contributed by atoms with van der Waals surface area (Å²) < 4.78 is 34.7. The molecule has 2 amide bonds. The van der Waals surface area contributed by atoms with Crippen LogP contribution in [0, 0.1) is 0 Å². The largest absolute Gasteiger partial charge is 0.454 e. The van der Waals surface area contributed by atoms with Crippen molar-refractivity contribution in [1.82, 2.24) is 20.0 Å². The molecule has 5 rings (SSSR count). The van der Waals surface area contributed by atoms with E-state index in [0.29, 0.717) is 23.9 Å². The van der Waals surface area contributed by atoms with E-state index in [1.165, 1.54) is 56.3 Å². The molecule has 0 atom stereocenters. The number of nitrogens with one attached hydrogen (secondary N) is 2. The van der Waals surface area contributed by atoms with Crippen molar-refractivity contribution in [2.24, 2.45) is 0 Å². The molecular formula is C32H37Cl2N5O5S. The number of nitrogens with zero attached hydrogens (tertiary/aromatic N) is 3. The van der Waals surface area contributed by atoms with E-state index in [1.54, 1.807) is 41.3 Å². The quantitative estimate of drug-likeness (QED) is 0.280. The number of likely N-dealkylation sites (tertiary alicyclic amines) is 1. The Labute approximate surface area is 274 Å².